The molecule has 0 aliphatic heterocycles. The SMILES string of the molecule is Cc1cc(C)nc(/N=C(\NC(=O)c2ccccc2)Nc2cc(C(F)(F)F)ccc2Cl)n1. The van der Waals surface area contributed by atoms with Gasteiger partial charge in [0.15, 0.2) is 0 Å². The van der Waals surface area contributed by atoms with E-state index < -0.39 is 17.6 Å². The first-order valence-corrected chi connectivity index (χ1v) is 9.41. The van der Waals surface area contributed by atoms with Crippen LogP contribution in [0.2, 0.25) is 5.02 Å². The van der Waals surface area contributed by atoms with E-state index in [4.69, 9.17) is 11.6 Å². The molecule has 1 aromatic heterocycles. The summed E-state index contributed by atoms with van der Waals surface area (Å²) in [5.41, 5.74) is 0.603. The number of guanidine groups is 1. The fourth-order valence-electron chi connectivity index (χ4n) is 2.64. The van der Waals surface area contributed by atoms with Gasteiger partial charge >= 0.3 is 6.18 Å². The number of carbonyl (C=O) groups excluding carboxylic acids is 1. The Morgan fingerprint density at radius 3 is 2.26 bits per heavy atom. The number of nitrogens with zero attached hydrogens (tertiary/aromatic N) is 3. The molecule has 0 saturated heterocycles. The van der Waals surface area contributed by atoms with Crippen molar-refractivity contribution < 1.29 is 18.0 Å². The summed E-state index contributed by atoms with van der Waals surface area (Å²) in [5, 5.41) is 5.20. The Morgan fingerprint density at radius 1 is 1.00 bits per heavy atom. The quantitative estimate of drug-likeness (QED) is 0.422. The fraction of sp³-hybridized carbons (Fsp3) is 0.143. The van der Waals surface area contributed by atoms with Crippen LogP contribution in [-0.4, -0.2) is 21.8 Å². The molecule has 0 unspecified atom stereocenters. The van der Waals surface area contributed by atoms with Crippen LogP contribution in [0.4, 0.5) is 24.8 Å². The molecule has 2 aromatic carbocycles. The van der Waals surface area contributed by atoms with Crippen molar-refractivity contribution in [2.75, 3.05) is 5.32 Å². The highest BCUT2D eigenvalue weighted by atomic mass is 35.5. The third-order valence-electron chi connectivity index (χ3n) is 4.00. The second-order valence-corrected chi connectivity index (χ2v) is 6.96. The number of anilines is 1. The van der Waals surface area contributed by atoms with Gasteiger partial charge in [0.2, 0.25) is 5.96 Å². The topological polar surface area (TPSA) is 79.3 Å². The number of rotatable bonds is 3. The van der Waals surface area contributed by atoms with Crippen molar-refractivity contribution in [3.63, 3.8) is 0 Å². The lowest BCUT2D eigenvalue weighted by Gasteiger charge is -2.15. The lowest BCUT2D eigenvalue weighted by atomic mass is 10.2. The van der Waals surface area contributed by atoms with Gasteiger partial charge in [-0.05, 0) is 50.2 Å². The van der Waals surface area contributed by atoms with Crippen molar-refractivity contribution in [2.45, 2.75) is 20.0 Å². The molecule has 0 fully saturated rings. The third kappa shape index (κ3) is 6.02. The average Bonchev–Trinajstić information content (AvgIpc) is 2.68. The Morgan fingerprint density at radius 2 is 1.65 bits per heavy atom. The van der Waals surface area contributed by atoms with E-state index in [1.807, 2.05) is 0 Å². The van der Waals surface area contributed by atoms with Gasteiger partial charge in [-0.25, -0.2) is 9.97 Å². The summed E-state index contributed by atoms with van der Waals surface area (Å²) < 4.78 is 39.3. The number of aliphatic imine (C=N–C) groups is 1. The highest BCUT2D eigenvalue weighted by molar-refractivity contribution is 6.34. The molecule has 0 atom stereocenters. The first kappa shape index (κ1) is 22.2. The summed E-state index contributed by atoms with van der Waals surface area (Å²) in [6, 6.07) is 12.8. The maximum Gasteiger partial charge on any atom is 0.416 e. The normalized spacial score (nSPS) is 11.9. The number of hydrogen-bond acceptors (Lipinski definition) is 4. The molecule has 0 aliphatic rings. The molecule has 160 valence electrons. The number of nitrogens with one attached hydrogen (secondary N) is 2. The monoisotopic (exact) mass is 447 g/mol. The molecule has 0 aliphatic carbocycles. The predicted molar refractivity (Wildman–Crippen MR) is 113 cm³/mol. The van der Waals surface area contributed by atoms with Gasteiger partial charge in [0.1, 0.15) is 0 Å². The summed E-state index contributed by atoms with van der Waals surface area (Å²) in [6.07, 6.45) is -4.57. The van der Waals surface area contributed by atoms with Crippen LogP contribution in [-0.2, 0) is 6.18 Å². The number of halogens is 4. The van der Waals surface area contributed by atoms with Crippen LogP contribution >= 0.6 is 11.6 Å². The molecule has 31 heavy (non-hydrogen) atoms. The van der Waals surface area contributed by atoms with Crippen LogP contribution in [0, 0.1) is 13.8 Å². The largest absolute Gasteiger partial charge is 0.416 e. The summed E-state index contributed by atoms with van der Waals surface area (Å²) in [6.45, 7) is 3.49. The van der Waals surface area contributed by atoms with Crippen molar-refractivity contribution in [3.05, 3.63) is 82.1 Å². The zero-order chi connectivity index (χ0) is 22.6. The maximum atomic E-state index is 13.1. The first-order valence-electron chi connectivity index (χ1n) is 9.03. The summed E-state index contributed by atoms with van der Waals surface area (Å²) in [7, 11) is 0. The highest BCUT2D eigenvalue weighted by Gasteiger charge is 2.31. The highest BCUT2D eigenvalue weighted by Crippen LogP contribution is 2.33. The van der Waals surface area contributed by atoms with E-state index >= 15 is 0 Å². The number of hydrogen-bond donors (Lipinski definition) is 2. The Bertz CT molecular complexity index is 1110. The third-order valence-corrected chi connectivity index (χ3v) is 4.33. The lowest BCUT2D eigenvalue weighted by Crippen LogP contribution is -2.36. The van der Waals surface area contributed by atoms with Gasteiger partial charge in [-0.2, -0.15) is 18.2 Å². The van der Waals surface area contributed by atoms with Gasteiger partial charge in [0, 0.05) is 17.0 Å². The molecule has 0 spiro atoms. The number of amides is 1. The number of carbonyl (C=O) groups is 1. The summed E-state index contributed by atoms with van der Waals surface area (Å²) in [4.78, 5) is 25.1. The van der Waals surface area contributed by atoms with Crippen molar-refractivity contribution in [3.8, 4) is 0 Å². The molecule has 10 heteroatoms. The van der Waals surface area contributed by atoms with Gasteiger partial charge in [-0.15, -0.1) is 0 Å². The lowest BCUT2D eigenvalue weighted by molar-refractivity contribution is -0.137. The Kier molecular flexibility index (Phi) is 6.55. The second-order valence-electron chi connectivity index (χ2n) is 6.55. The Balaban J connectivity index is 2.00. The van der Waals surface area contributed by atoms with Gasteiger partial charge in [0.05, 0.1) is 16.3 Å². The van der Waals surface area contributed by atoms with Gasteiger partial charge in [-0.1, -0.05) is 29.8 Å². The van der Waals surface area contributed by atoms with Gasteiger partial charge in [-0.3, -0.25) is 10.1 Å². The molecule has 0 bridgehead atoms. The second kappa shape index (κ2) is 9.13. The van der Waals surface area contributed by atoms with Crippen LogP contribution in [0.15, 0.2) is 59.6 Å². The minimum absolute atomic E-state index is 0.0102. The van der Waals surface area contributed by atoms with Gasteiger partial charge < -0.3 is 5.32 Å². The van der Waals surface area contributed by atoms with Crippen molar-refractivity contribution in [1.82, 2.24) is 15.3 Å². The zero-order valence-electron chi connectivity index (χ0n) is 16.5. The number of aromatic nitrogens is 2. The van der Waals surface area contributed by atoms with E-state index in [9.17, 15) is 18.0 Å². The molecule has 6 nitrogen and oxygen atoms in total. The van der Waals surface area contributed by atoms with Crippen LogP contribution in [0.1, 0.15) is 27.3 Å². The van der Waals surface area contributed by atoms with Crippen LogP contribution in [0.25, 0.3) is 0 Å². The number of aryl methyl sites for hydroxylation is 2. The summed E-state index contributed by atoms with van der Waals surface area (Å²) in [5.74, 6) is -0.684. The molecule has 3 rings (SSSR count). The smallest absolute Gasteiger partial charge is 0.324 e. The minimum Gasteiger partial charge on any atom is -0.324 e. The molecular weight excluding hydrogens is 431 g/mol. The van der Waals surface area contributed by atoms with E-state index in [0.717, 1.165) is 18.2 Å². The molecule has 0 saturated carbocycles. The van der Waals surface area contributed by atoms with Crippen LogP contribution in [0.3, 0.4) is 0 Å². The van der Waals surface area contributed by atoms with E-state index in [-0.39, 0.29) is 22.6 Å². The van der Waals surface area contributed by atoms with Crippen LogP contribution in [0.5, 0.6) is 0 Å². The van der Waals surface area contributed by atoms with Crippen molar-refractivity contribution in [1.29, 1.82) is 0 Å². The summed E-state index contributed by atoms with van der Waals surface area (Å²) >= 11 is 6.07. The maximum absolute atomic E-state index is 13.1. The van der Waals surface area contributed by atoms with E-state index in [1.165, 1.54) is 0 Å². The zero-order valence-corrected chi connectivity index (χ0v) is 17.2. The number of alkyl halides is 3. The molecule has 3 aromatic rings. The van der Waals surface area contributed by atoms with E-state index in [0.29, 0.717) is 17.0 Å². The molecular formula is C21H17ClF3N5O. The van der Waals surface area contributed by atoms with Crippen molar-refractivity contribution in [2.24, 2.45) is 4.99 Å². The molecule has 1 amide bonds. The predicted octanol–water partition coefficient (Wildman–Crippen LogP) is 5.30. The van der Waals surface area contributed by atoms with Crippen molar-refractivity contribution >= 4 is 35.1 Å². The number of benzene rings is 2. The van der Waals surface area contributed by atoms with E-state index in [1.54, 1.807) is 50.2 Å². The molecule has 0 radical (unpaired) electrons. The standard InChI is InChI=1S/C21H17ClF3N5O/c1-12-10-13(2)27-19(26-12)30-20(29-18(31)14-6-4-3-5-7-14)28-17-11-15(21(23,24)25)8-9-16(17)22/h3-11H,1-2H3,(H2,26,27,28,29,30,31). The Hall–Kier alpha value is -3.46. The van der Waals surface area contributed by atoms with E-state index in [2.05, 4.69) is 25.6 Å². The molecule has 2 N–H and O–H groups in total. The molecule has 1 heterocycles. The van der Waals surface area contributed by atoms with Crippen LogP contribution < -0.4 is 10.6 Å². The average molecular weight is 448 g/mol. The fourth-order valence-corrected chi connectivity index (χ4v) is 2.80. The van der Waals surface area contributed by atoms with Gasteiger partial charge in [0.25, 0.3) is 11.9 Å². The minimum atomic E-state index is -4.57. The first-order chi connectivity index (χ1) is 14.6. The Labute approximate surface area is 181 Å².